The molecule has 0 aliphatic rings. The highest BCUT2D eigenvalue weighted by Crippen LogP contribution is 2.22. The van der Waals surface area contributed by atoms with Crippen molar-refractivity contribution in [3.63, 3.8) is 0 Å². The van der Waals surface area contributed by atoms with Gasteiger partial charge in [0, 0.05) is 5.56 Å². The highest BCUT2D eigenvalue weighted by Gasteiger charge is 2.10. The van der Waals surface area contributed by atoms with Crippen LogP contribution in [0.2, 0.25) is 0 Å². The molecule has 0 aliphatic carbocycles. The van der Waals surface area contributed by atoms with Gasteiger partial charge in [0.25, 0.3) is 0 Å². The summed E-state index contributed by atoms with van der Waals surface area (Å²) in [7, 11) is 0. The monoisotopic (exact) mass is 180 g/mol. The van der Waals surface area contributed by atoms with Crippen LogP contribution in [-0.4, -0.2) is 6.29 Å². The maximum absolute atomic E-state index is 13.5. The Kier molecular flexibility index (Phi) is 2.81. The van der Waals surface area contributed by atoms with Crippen LogP contribution in [0.5, 0.6) is 0 Å². The Morgan fingerprint density at radius 2 is 2.00 bits per heavy atom. The first-order valence-electron chi connectivity index (χ1n) is 4.31. The van der Waals surface area contributed by atoms with E-state index in [1.54, 1.807) is 19.1 Å². The van der Waals surface area contributed by atoms with E-state index >= 15 is 0 Å². The number of hydrogen-bond acceptors (Lipinski definition) is 1. The van der Waals surface area contributed by atoms with E-state index in [0.717, 1.165) is 6.29 Å². The van der Waals surface area contributed by atoms with Crippen LogP contribution in [0.3, 0.4) is 0 Å². The number of aryl methyl sites for hydroxylation is 1. The summed E-state index contributed by atoms with van der Waals surface area (Å²) in [6.07, 6.45) is 0.748. The highest BCUT2D eigenvalue weighted by molar-refractivity contribution is 5.75. The number of rotatable bonds is 2. The minimum Gasteiger partial charge on any atom is -0.298 e. The summed E-state index contributed by atoms with van der Waals surface area (Å²) >= 11 is 0. The van der Waals surface area contributed by atoms with Crippen molar-refractivity contribution in [3.05, 3.63) is 34.6 Å². The minimum absolute atomic E-state index is 0.110. The predicted octanol–water partition coefficient (Wildman–Crippen LogP) is 3.07. The third-order valence-electron chi connectivity index (χ3n) is 2.06. The van der Waals surface area contributed by atoms with Gasteiger partial charge in [-0.25, -0.2) is 4.39 Å². The molecule has 2 heteroatoms. The number of halogens is 1. The second-order valence-corrected chi connectivity index (χ2v) is 3.51. The fourth-order valence-corrected chi connectivity index (χ4v) is 1.31. The molecular formula is C11H13FO. The van der Waals surface area contributed by atoms with Crippen molar-refractivity contribution < 1.29 is 9.18 Å². The zero-order valence-electron chi connectivity index (χ0n) is 8.10. The quantitative estimate of drug-likeness (QED) is 0.639. The predicted molar refractivity (Wildman–Crippen MR) is 50.6 cm³/mol. The van der Waals surface area contributed by atoms with Gasteiger partial charge in [-0.2, -0.15) is 0 Å². The third kappa shape index (κ3) is 1.94. The van der Waals surface area contributed by atoms with E-state index in [9.17, 15) is 9.18 Å². The van der Waals surface area contributed by atoms with Gasteiger partial charge >= 0.3 is 0 Å². The van der Waals surface area contributed by atoms with Crippen LogP contribution in [0.4, 0.5) is 4.39 Å². The smallest absolute Gasteiger partial charge is 0.150 e. The lowest BCUT2D eigenvalue weighted by Gasteiger charge is -2.09. The molecule has 0 aliphatic heterocycles. The first-order valence-corrected chi connectivity index (χ1v) is 4.31. The molecule has 1 aromatic rings. The Morgan fingerprint density at radius 1 is 1.38 bits per heavy atom. The average molecular weight is 180 g/mol. The van der Waals surface area contributed by atoms with E-state index in [1.165, 1.54) is 0 Å². The summed E-state index contributed by atoms with van der Waals surface area (Å²) in [5.74, 6) is -0.0841. The second kappa shape index (κ2) is 3.69. The fraction of sp³-hybridized carbons (Fsp3) is 0.364. The van der Waals surface area contributed by atoms with Crippen molar-refractivity contribution >= 4 is 6.29 Å². The normalized spacial score (nSPS) is 10.5. The largest absolute Gasteiger partial charge is 0.298 e. The second-order valence-electron chi connectivity index (χ2n) is 3.51. The van der Waals surface area contributed by atoms with E-state index in [4.69, 9.17) is 0 Å². The molecule has 0 aromatic heterocycles. The van der Waals surface area contributed by atoms with Crippen LogP contribution >= 0.6 is 0 Å². The van der Waals surface area contributed by atoms with Crippen LogP contribution in [0.25, 0.3) is 0 Å². The minimum atomic E-state index is -0.194. The van der Waals surface area contributed by atoms with Crippen LogP contribution in [0, 0.1) is 12.7 Å². The molecular weight excluding hydrogens is 167 g/mol. The summed E-state index contributed by atoms with van der Waals surface area (Å²) in [5, 5.41) is 0. The van der Waals surface area contributed by atoms with Gasteiger partial charge in [0.2, 0.25) is 0 Å². The molecule has 0 N–H and O–H groups in total. The molecule has 1 rings (SSSR count). The summed E-state index contributed by atoms with van der Waals surface area (Å²) in [5.41, 5.74) is 1.69. The first kappa shape index (κ1) is 9.90. The molecule has 0 fully saturated rings. The molecule has 0 unspecified atom stereocenters. The maximum atomic E-state index is 13.5. The van der Waals surface area contributed by atoms with Gasteiger partial charge in [0.1, 0.15) is 12.1 Å². The van der Waals surface area contributed by atoms with E-state index < -0.39 is 0 Å². The fourth-order valence-electron chi connectivity index (χ4n) is 1.31. The lowest BCUT2D eigenvalue weighted by atomic mass is 9.98. The van der Waals surface area contributed by atoms with Gasteiger partial charge in [-0.15, -0.1) is 0 Å². The summed E-state index contributed by atoms with van der Waals surface area (Å²) in [4.78, 5) is 10.5. The Labute approximate surface area is 77.6 Å². The van der Waals surface area contributed by atoms with Crippen molar-refractivity contribution in [2.45, 2.75) is 26.7 Å². The Hall–Kier alpha value is -1.18. The molecule has 0 spiro atoms. The number of aldehydes is 1. The number of hydrogen-bond donors (Lipinski definition) is 0. The first-order chi connectivity index (χ1) is 6.06. The van der Waals surface area contributed by atoms with Crippen LogP contribution in [0.15, 0.2) is 12.1 Å². The molecule has 0 amide bonds. The van der Waals surface area contributed by atoms with Crippen LogP contribution in [-0.2, 0) is 0 Å². The standard InChI is InChI=1S/C11H13FO/c1-7(2)10-5-9(6-13)4-8(3)11(10)12/h4-7H,1-3H3. The molecule has 70 valence electrons. The zero-order valence-corrected chi connectivity index (χ0v) is 8.10. The number of benzene rings is 1. The molecule has 0 bridgehead atoms. The topological polar surface area (TPSA) is 17.1 Å². The summed E-state index contributed by atoms with van der Waals surface area (Å²) in [6, 6.07) is 3.17. The van der Waals surface area contributed by atoms with Gasteiger partial charge in [-0.05, 0) is 36.1 Å². The molecule has 1 nitrogen and oxygen atoms in total. The van der Waals surface area contributed by atoms with Gasteiger partial charge < -0.3 is 0 Å². The molecule has 0 radical (unpaired) electrons. The third-order valence-corrected chi connectivity index (χ3v) is 2.06. The van der Waals surface area contributed by atoms with E-state index in [1.807, 2.05) is 13.8 Å². The maximum Gasteiger partial charge on any atom is 0.150 e. The van der Waals surface area contributed by atoms with Crippen molar-refractivity contribution in [3.8, 4) is 0 Å². The van der Waals surface area contributed by atoms with Crippen LogP contribution < -0.4 is 0 Å². The molecule has 0 saturated heterocycles. The summed E-state index contributed by atoms with van der Waals surface area (Å²) < 4.78 is 13.5. The molecule has 0 heterocycles. The SMILES string of the molecule is Cc1cc(C=O)cc(C(C)C)c1F. The van der Waals surface area contributed by atoms with Crippen LogP contribution in [0.1, 0.15) is 41.3 Å². The Morgan fingerprint density at radius 3 is 2.46 bits per heavy atom. The van der Waals surface area contributed by atoms with Crippen molar-refractivity contribution in [1.29, 1.82) is 0 Å². The van der Waals surface area contributed by atoms with E-state index in [0.29, 0.717) is 16.7 Å². The summed E-state index contributed by atoms with van der Waals surface area (Å²) in [6.45, 7) is 5.49. The Balaban J connectivity index is 3.32. The van der Waals surface area contributed by atoms with Crippen molar-refractivity contribution in [2.24, 2.45) is 0 Å². The lowest BCUT2D eigenvalue weighted by Crippen LogP contribution is -1.98. The molecule has 0 atom stereocenters. The van der Waals surface area contributed by atoms with Crippen molar-refractivity contribution in [2.75, 3.05) is 0 Å². The lowest BCUT2D eigenvalue weighted by molar-refractivity contribution is 0.112. The Bertz CT molecular complexity index is 329. The average Bonchev–Trinajstić information content (AvgIpc) is 2.09. The highest BCUT2D eigenvalue weighted by atomic mass is 19.1. The molecule has 13 heavy (non-hydrogen) atoms. The number of carbonyl (C=O) groups is 1. The van der Waals surface area contributed by atoms with Crippen molar-refractivity contribution in [1.82, 2.24) is 0 Å². The molecule has 0 saturated carbocycles. The van der Waals surface area contributed by atoms with Gasteiger partial charge in [0.15, 0.2) is 0 Å². The van der Waals surface area contributed by atoms with Gasteiger partial charge in [0.05, 0.1) is 0 Å². The van der Waals surface area contributed by atoms with Gasteiger partial charge in [-0.1, -0.05) is 13.8 Å². The molecule has 1 aromatic carbocycles. The van der Waals surface area contributed by atoms with Gasteiger partial charge in [-0.3, -0.25) is 4.79 Å². The number of carbonyl (C=O) groups excluding carboxylic acids is 1. The van der Waals surface area contributed by atoms with E-state index in [-0.39, 0.29) is 11.7 Å². The van der Waals surface area contributed by atoms with E-state index in [2.05, 4.69) is 0 Å². The zero-order chi connectivity index (χ0) is 10.0.